The Morgan fingerprint density at radius 3 is 2.19 bits per heavy atom. The molecule has 0 radical (unpaired) electrons. The normalized spacial score (nSPS) is 23.5. The van der Waals surface area contributed by atoms with Crippen LogP contribution in [0.15, 0.2) is 24.3 Å². The number of ether oxygens (including phenoxy) is 1. The Morgan fingerprint density at radius 1 is 0.889 bits per heavy atom. The molecule has 2 fully saturated rings. The number of nitrogens with zero attached hydrogens (tertiary/aromatic N) is 3. The molecule has 3 aliphatic rings. The summed E-state index contributed by atoms with van der Waals surface area (Å²) in [4.78, 5) is 8.00. The number of piperidine rings is 1. The number of hydrogen-bond acceptors (Lipinski definition) is 4. The molecule has 1 aromatic rings. The van der Waals surface area contributed by atoms with E-state index in [1.807, 2.05) is 13.8 Å². The Morgan fingerprint density at radius 2 is 1.52 bits per heavy atom. The molecule has 0 bridgehead atoms. The van der Waals surface area contributed by atoms with Crippen LogP contribution in [-0.2, 0) is 16.7 Å². The maximum Gasteiger partial charge on any atom is 0.0594 e. The zero-order chi connectivity index (χ0) is 19.1. The number of morpholine rings is 1. The summed E-state index contributed by atoms with van der Waals surface area (Å²) in [6, 6.07) is 9.21. The first-order valence-corrected chi connectivity index (χ1v) is 11.2. The van der Waals surface area contributed by atoms with Gasteiger partial charge < -0.3 is 9.64 Å². The summed E-state index contributed by atoms with van der Waals surface area (Å²) >= 11 is 0. The number of benzene rings is 1. The third-order valence-corrected chi connectivity index (χ3v) is 6.68. The second-order valence-electron chi connectivity index (χ2n) is 7.81. The Balaban J connectivity index is 0.00000102. The first-order valence-electron chi connectivity index (χ1n) is 11.2. The highest BCUT2D eigenvalue weighted by Gasteiger charge is 2.43. The molecule has 152 valence electrons. The van der Waals surface area contributed by atoms with Gasteiger partial charge in [0.15, 0.2) is 0 Å². The molecule has 4 rings (SSSR count). The van der Waals surface area contributed by atoms with Gasteiger partial charge in [0.25, 0.3) is 0 Å². The largest absolute Gasteiger partial charge is 0.379 e. The smallest absolute Gasteiger partial charge is 0.0594 e. The van der Waals surface area contributed by atoms with E-state index < -0.39 is 0 Å². The third-order valence-electron chi connectivity index (χ3n) is 6.68. The van der Waals surface area contributed by atoms with Gasteiger partial charge in [-0.15, -0.1) is 0 Å². The maximum absolute atomic E-state index is 5.46. The van der Waals surface area contributed by atoms with Gasteiger partial charge in [0.1, 0.15) is 0 Å². The van der Waals surface area contributed by atoms with Crippen molar-refractivity contribution in [2.75, 3.05) is 65.6 Å². The molecular weight excluding hydrogens is 334 g/mol. The Bertz CT molecular complexity index is 562. The summed E-state index contributed by atoms with van der Waals surface area (Å²) in [5.74, 6) is 0. The molecule has 1 aromatic carbocycles. The van der Waals surface area contributed by atoms with Gasteiger partial charge in [0.2, 0.25) is 0 Å². The molecule has 0 aromatic heterocycles. The lowest BCUT2D eigenvalue weighted by molar-refractivity contribution is 0.00273. The Labute approximate surface area is 166 Å². The van der Waals surface area contributed by atoms with E-state index in [0.29, 0.717) is 5.54 Å². The van der Waals surface area contributed by atoms with Crippen molar-refractivity contribution in [3.8, 4) is 0 Å². The third kappa shape index (κ3) is 4.56. The van der Waals surface area contributed by atoms with Crippen LogP contribution in [0.4, 0.5) is 0 Å². The fourth-order valence-electron chi connectivity index (χ4n) is 5.13. The average molecular weight is 374 g/mol. The van der Waals surface area contributed by atoms with Gasteiger partial charge in [-0.05, 0) is 36.9 Å². The molecule has 27 heavy (non-hydrogen) atoms. The number of rotatable bonds is 4. The molecule has 4 nitrogen and oxygen atoms in total. The Hall–Kier alpha value is -0.940. The molecule has 0 unspecified atom stereocenters. The zero-order valence-corrected chi connectivity index (χ0v) is 17.8. The SMILES string of the molecule is CC.CCN1CCc2ccccc2C12CCN(CCN1CCOCC1)CC2. The van der Waals surface area contributed by atoms with Crippen LogP contribution in [0.5, 0.6) is 0 Å². The van der Waals surface area contributed by atoms with Crippen molar-refractivity contribution >= 4 is 0 Å². The number of likely N-dealkylation sites (tertiary alicyclic amines) is 1. The molecular formula is C23H39N3O. The molecule has 1 spiro atoms. The van der Waals surface area contributed by atoms with Crippen LogP contribution in [0.25, 0.3) is 0 Å². The predicted octanol–water partition coefficient (Wildman–Crippen LogP) is 3.21. The standard InChI is InChI=1S/C21H33N3O.C2H6/c1-2-24-10-7-19-5-3-4-6-20(19)21(24)8-11-22(12-9-21)13-14-23-15-17-25-18-16-23;1-2/h3-6H,2,7-18H2,1H3;1-2H3. The molecule has 0 amide bonds. The van der Waals surface area contributed by atoms with Crippen LogP contribution in [-0.4, -0.2) is 80.3 Å². The molecule has 0 saturated carbocycles. The molecule has 3 aliphatic heterocycles. The minimum absolute atomic E-state index is 0.291. The summed E-state index contributed by atoms with van der Waals surface area (Å²) in [6.45, 7) is 17.6. The monoisotopic (exact) mass is 373 g/mol. The van der Waals surface area contributed by atoms with Crippen molar-refractivity contribution in [3.05, 3.63) is 35.4 Å². The number of hydrogen-bond donors (Lipinski definition) is 0. The van der Waals surface area contributed by atoms with Crippen molar-refractivity contribution in [2.24, 2.45) is 0 Å². The maximum atomic E-state index is 5.46. The Kier molecular flexibility index (Phi) is 7.71. The minimum Gasteiger partial charge on any atom is -0.379 e. The van der Waals surface area contributed by atoms with Crippen molar-refractivity contribution in [2.45, 2.75) is 45.6 Å². The fourth-order valence-corrected chi connectivity index (χ4v) is 5.13. The quantitative estimate of drug-likeness (QED) is 0.807. The van der Waals surface area contributed by atoms with Crippen LogP contribution < -0.4 is 0 Å². The van der Waals surface area contributed by atoms with Gasteiger partial charge in [-0.3, -0.25) is 9.80 Å². The van der Waals surface area contributed by atoms with Crippen molar-refractivity contribution in [3.63, 3.8) is 0 Å². The summed E-state index contributed by atoms with van der Waals surface area (Å²) in [6.07, 6.45) is 3.77. The van der Waals surface area contributed by atoms with E-state index in [2.05, 4.69) is 45.9 Å². The average Bonchev–Trinajstić information content (AvgIpc) is 2.76. The van der Waals surface area contributed by atoms with E-state index in [0.717, 1.165) is 26.3 Å². The van der Waals surface area contributed by atoms with Gasteiger partial charge in [0.05, 0.1) is 13.2 Å². The van der Waals surface area contributed by atoms with Crippen molar-refractivity contribution < 1.29 is 4.74 Å². The van der Waals surface area contributed by atoms with Crippen molar-refractivity contribution in [1.29, 1.82) is 0 Å². The van der Waals surface area contributed by atoms with E-state index in [4.69, 9.17) is 4.74 Å². The first-order chi connectivity index (χ1) is 13.3. The van der Waals surface area contributed by atoms with Crippen LogP contribution >= 0.6 is 0 Å². The lowest BCUT2D eigenvalue weighted by atomic mass is 9.74. The molecule has 0 N–H and O–H groups in total. The van der Waals surface area contributed by atoms with Crippen LogP contribution in [0.2, 0.25) is 0 Å². The van der Waals surface area contributed by atoms with Gasteiger partial charge in [-0.1, -0.05) is 45.0 Å². The lowest BCUT2D eigenvalue weighted by Crippen LogP contribution is -2.56. The lowest BCUT2D eigenvalue weighted by Gasteiger charge is -2.52. The fraction of sp³-hybridized carbons (Fsp3) is 0.739. The van der Waals surface area contributed by atoms with Gasteiger partial charge in [-0.25, -0.2) is 0 Å². The molecule has 2 saturated heterocycles. The second kappa shape index (κ2) is 10.0. The topological polar surface area (TPSA) is 19.0 Å². The van der Waals surface area contributed by atoms with E-state index >= 15 is 0 Å². The van der Waals surface area contributed by atoms with Gasteiger partial charge >= 0.3 is 0 Å². The van der Waals surface area contributed by atoms with Gasteiger partial charge in [-0.2, -0.15) is 0 Å². The summed E-state index contributed by atoms with van der Waals surface area (Å²) in [5, 5.41) is 0. The van der Waals surface area contributed by atoms with Crippen molar-refractivity contribution in [1.82, 2.24) is 14.7 Å². The minimum atomic E-state index is 0.291. The molecule has 0 atom stereocenters. The van der Waals surface area contributed by atoms with E-state index in [9.17, 15) is 0 Å². The predicted molar refractivity (Wildman–Crippen MR) is 113 cm³/mol. The highest BCUT2D eigenvalue weighted by molar-refractivity contribution is 5.37. The zero-order valence-electron chi connectivity index (χ0n) is 17.8. The van der Waals surface area contributed by atoms with E-state index in [1.54, 1.807) is 11.1 Å². The van der Waals surface area contributed by atoms with Crippen LogP contribution in [0.1, 0.15) is 44.7 Å². The highest BCUT2D eigenvalue weighted by atomic mass is 16.5. The number of likely N-dealkylation sites (N-methyl/N-ethyl adjacent to an activating group) is 1. The second-order valence-corrected chi connectivity index (χ2v) is 7.81. The van der Waals surface area contributed by atoms with Crippen LogP contribution in [0, 0.1) is 0 Å². The van der Waals surface area contributed by atoms with Crippen LogP contribution in [0.3, 0.4) is 0 Å². The molecule has 3 heterocycles. The summed E-state index contributed by atoms with van der Waals surface area (Å²) in [5.41, 5.74) is 3.50. The summed E-state index contributed by atoms with van der Waals surface area (Å²) in [7, 11) is 0. The highest BCUT2D eigenvalue weighted by Crippen LogP contribution is 2.43. The van der Waals surface area contributed by atoms with E-state index in [1.165, 1.54) is 58.5 Å². The number of fused-ring (bicyclic) bond motifs is 2. The summed E-state index contributed by atoms with van der Waals surface area (Å²) < 4.78 is 5.46. The molecule has 0 aliphatic carbocycles. The van der Waals surface area contributed by atoms with Gasteiger partial charge in [0, 0.05) is 51.4 Å². The first kappa shape index (κ1) is 20.8. The van der Waals surface area contributed by atoms with E-state index in [-0.39, 0.29) is 0 Å². The molecule has 4 heteroatoms.